The van der Waals surface area contributed by atoms with E-state index in [-0.39, 0.29) is 0 Å². The highest BCUT2D eigenvalue weighted by atomic mass is 15.2. The fourth-order valence-electron chi connectivity index (χ4n) is 2.45. The van der Waals surface area contributed by atoms with Crippen LogP contribution in [0.2, 0.25) is 0 Å². The van der Waals surface area contributed by atoms with Crippen LogP contribution >= 0.6 is 0 Å². The first-order chi connectivity index (χ1) is 7.27. The van der Waals surface area contributed by atoms with Crippen LogP contribution in [0.1, 0.15) is 43.4 Å². The van der Waals surface area contributed by atoms with Crippen molar-refractivity contribution in [3.63, 3.8) is 0 Å². The van der Waals surface area contributed by atoms with Gasteiger partial charge < -0.3 is 0 Å². The Morgan fingerprint density at radius 2 is 1.87 bits per heavy atom. The maximum Gasteiger partial charge on any atom is 0.0319 e. The number of rotatable bonds is 2. The summed E-state index contributed by atoms with van der Waals surface area (Å²) >= 11 is 0. The fraction of sp³-hybridized carbons (Fsp3) is 0.571. The Balaban J connectivity index is 2.08. The average Bonchev–Trinajstić information content (AvgIpc) is 2.29. The second kappa shape index (κ2) is 4.80. The van der Waals surface area contributed by atoms with Gasteiger partial charge in [0.05, 0.1) is 0 Å². The molecule has 0 spiro atoms. The smallest absolute Gasteiger partial charge is 0.0319 e. The highest BCUT2D eigenvalue weighted by Crippen LogP contribution is 2.24. The van der Waals surface area contributed by atoms with Gasteiger partial charge in [0.1, 0.15) is 0 Å². The van der Waals surface area contributed by atoms with Crippen LogP contribution in [0.5, 0.6) is 0 Å². The highest BCUT2D eigenvalue weighted by Gasteiger charge is 2.17. The molecule has 82 valence electrons. The molecule has 0 radical (unpaired) electrons. The summed E-state index contributed by atoms with van der Waals surface area (Å²) in [5.74, 6) is 0. The molecule has 1 aliphatic heterocycles. The molecule has 1 aromatic carbocycles. The predicted octanol–water partition coefficient (Wildman–Crippen LogP) is 3.54. The van der Waals surface area contributed by atoms with Crippen LogP contribution in [0.3, 0.4) is 0 Å². The molecule has 1 fully saturated rings. The summed E-state index contributed by atoms with van der Waals surface area (Å²) in [5, 5.41) is 0. The topological polar surface area (TPSA) is 3.24 Å². The molecule has 0 bridgehead atoms. The second-order valence-corrected chi connectivity index (χ2v) is 4.69. The van der Waals surface area contributed by atoms with Crippen LogP contribution in [0.15, 0.2) is 24.3 Å². The van der Waals surface area contributed by atoms with Gasteiger partial charge in [-0.25, -0.2) is 0 Å². The van der Waals surface area contributed by atoms with E-state index in [4.69, 9.17) is 0 Å². The van der Waals surface area contributed by atoms with Crippen molar-refractivity contribution in [3.05, 3.63) is 35.4 Å². The number of aryl methyl sites for hydroxylation is 1. The van der Waals surface area contributed by atoms with Crippen molar-refractivity contribution in [1.82, 2.24) is 4.90 Å². The van der Waals surface area contributed by atoms with Crippen molar-refractivity contribution < 1.29 is 0 Å². The molecule has 0 amide bonds. The molecule has 1 atom stereocenters. The molecule has 2 rings (SSSR count). The van der Waals surface area contributed by atoms with Gasteiger partial charge in [-0.2, -0.15) is 0 Å². The number of benzene rings is 1. The third-order valence-electron chi connectivity index (χ3n) is 3.46. The zero-order valence-electron chi connectivity index (χ0n) is 9.87. The number of piperidine rings is 1. The normalized spacial score (nSPS) is 20.1. The molecule has 1 aliphatic rings. The lowest BCUT2D eigenvalue weighted by atomic mass is 10.0. The molecule has 1 nitrogen and oxygen atoms in total. The Labute approximate surface area is 93.1 Å². The van der Waals surface area contributed by atoms with E-state index < -0.39 is 0 Å². The summed E-state index contributed by atoms with van der Waals surface area (Å²) in [6.45, 7) is 7.05. The van der Waals surface area contributed by atoms with Crippen molar-refractivity contribution in [2.75, 3.05) is 13.1 Å². The van der Waals surface area contributed by atoms with E-state index in [0.717, 1.165) is 0 Å². The second-order valence-electron chi connectivity index (χ2n) is 4.69. The van der Waals surface area contributed by atoms with E-state index in [0.29, 0.717) is 6.04 Å². The van der Waals surface area contributed by atoms with E-state index in [1.807, 2.05) is 0 Å². The Morgan fingerprint density at radius 3 is 2.53 bits per heavy atom. The van der Waals surface area contributed by atoms with E-state index >= 15 is 0 Å². The summed E-state index contributed by atoms with van der Waals surface area (Å²) in [5.41, 5.74) is 2.84. The van der Waals surface area contributed by atoms with Crippen molar-refractivity contribution in [1.29, 1.82) is 0 Å². The summed E-state index contributed by atoms with van der Waals surface area (Å²) < 4.78 is 0. The minimum Gasteiger partial charge on any atom is -0.297 e. The lowest BCUT2D eigenvalue weighted by molar-refractivity contribution is 0.175. The largest absolute Gasteiger partial charge is 0.297 e. The van der Waals surface area contributed by atoms with Crippen LogP contribution in [0.25, 0.3) is 0 Å². The zero-order valence-corrected chi connectivity index (χ0v) is 9.87. The number of hydrogen-bond donors (Lipinski definition) is 0. The maximum atomic E-state index is 2.61. The zero-order chi connectivity index (χ0) is 10.7. The number of hydrogen-bond acceptors (Lipinski definition) is 1. The van der Waals surface area contributed by atoms with Gasteiger partial charge in [0, 0.05) is 6.04 Å². The minimum atomic E-state index is 0.588. The van der Waals surface area contributed by atoms with Crippen LogP contribution in [-0.4, -0.2) is 18.0 Å². The molecule has 1 aromatic rings. The van der Waals surface area contributed by atoms with Crippen molar-refractivity contribution >= 4 is 0 Å². The molecular weight excluding hydrogens is 182 g/mol. The van der Waals surface area contributed by atoms with Gasteiger partial charge in [0.2, 0.25) is 0 Å². The van der Waals surface area contributed by atoms with Crippen LogP contribution in [-0.2, 0) is 0 Å². The van der Waals surface area contributed by atoms with E-state index in [1.165, 1.54) is 43.5 Å². The van der Waals surface area contributed by atoms with Gasteiger partial charge in [0.25, 0.3) is 0 Å². The summed E-state index contributed by atoms with van der Waals surface area (Å²) in [4.78, 5) is 2.61. The third kappa shape index (κ3) is 2.60. The molecular formula is C14H21N. The van der Waals surface area contributed by atoms with Crippen molar-refractivity contribution in [2.24, 2.45) is 0 Å². The van der Waals surface area contributed by atoms with Crippen molar-refractivity contribution in [3.8, 4) is 0 Å². The molecule has 1 heteroatoms. The van der Waals surface area contributed by atoms with Crippen LogP contribution < -0.4 is 0 Å². The Morgan fingerprint density at radius 1 is 1.13 bits per heavy atom. The summed E-state index contributed by atoms with van der Waals surface area (Å²) in [6, 6.07) is 9.51. The van der Waals surface area contributed by atoms with Gasteiger partial charge in [0.15, 0.2) is 0 Å². The first-order valence-electron chi connectivity index (χ1n) is 6.08. The predicted molar refractivity (Wildman–Crippen MR) is 65.0 cm³/mol. The Bertz CT molecular complexity index is 313. The monoisotopic (exact) mass is 203 g/mol. The first kappa shape index (κ1) is 10.7. The molecule has 15 heavy (non-hydrogen) atoms. The third-order valence-corrected chi connectivity index (χ3v) is 3.46. The van der Waals surface area contributed by atoms with Gasteiger partial charge in [-0.1, -0.05) is 36.2 Å². The molecule has 0 N–H and O–H groups in total. The lowest BCUT2D eigenvalue weighted by Gasteiger charge is -2.32. The van der Waals surface area contributed by atoms with Gasteiger partial charge in [-0.3, -0.25) is 4.90 Å². The molecule has 1 heterocycles. The quantitative estimate of drug-likeness (QED) is 0.710. The minimum absolute atomic E-state index is 0.588. The van der Waals surface area contributed by atoms with Gasteiger partial charge in [-0.05, 0) is 45.3 Å². The van der Waals surface area contributed by atoms with Gasteiger partial charge >= 0.3 is 0 Å². The standard InChI is InChI=1S/C14H21N/c1-12-7-6-8-14(11-12)13(2)15-9-4-3-5-10-15/h6-8,11,13H,3-5,9-10H2,1-2H3. The SMILES string of the molecule is Cc1cccc(C(C)N2CCCCC2)c1. The first-order valence-corrected chi connectivity index (χ1v) is 6.08. The average molecular weight is 203 g/mol. The van der Waals surface area contributed by atoms with Crippen LogP contribution in [0.4, 0.5) is 0 Å². The fourth-order valence-corrected chi connectivity index (χ4v) is 2.45. The lowest BCUT2D eigenvalue weighted by Crippen LogP contribution is -2.32. The Hall–Kier alpha value is -0.820. The van der Waals surface area contributed by atoms with Gasteiger partial charge in [-0.15, -0.1) is 0 Å². The summed E-state index contributed by atoms with van der Waals surface area (Å²) in [7, 11) is 0. The maximum absolute atomic E-state index is 2.61. The van der Waals surface area contributed by atoms with E-state index in [9.17, 15) is 0 Å². The Kier molecular flexibility index (Phi) is 3.42. The molecule has 0 saturated carbocycles. The van der Waals surface area contributed by atoms with E-state index in [2.05, 4.69) is 43.0 Å². The molecule has 0 aromatic heterocycles. The van der Waals surface area contributed by atoms with Crippen molar-refractivity contribution in [2.45, 2.75) is 39.2 Å². The molecule has 1 saturated heterocycles. The molecule has 1 unspecified atom stereocenters. The number of nitrogens with zero attached hydrogens (tertiary/aromatic N) is 1. The number of likely N-dealkylation sites (tertiary alicyclic amines) is 1. The highest BCUT2D eigenvalue weighted by molar-refractivity contribution is 5.24. The van der Waals surface area contributed by atoms with E-state index in [1.54, 1.807) is 0 Å². The summed E-state index contributed by atoms with van der Waals surface area (Å²) in [6.07, 6.45) is 4.16. The molecule has 0 aliphatic carbocycles. The van der Waals surface area contributed by atoms with Crippen LogP contribution in [0, 0.1) is 6.92 Å².